The molecule has 6 nitrogen and oxygen atoms in total. The quantitative estimate of drug-likeness (QED) is 0.0247. The van der Waals surface area contributed by atoms with Crippen LogP contribution in [0.3, 0.4) is 0 Å². The number of carbonyl (C=O) groups excluding carboxylic acids is 2. The van der Waals surface area contributed by atoms with E-state index in [1.165, 1.54) is 103 Å². The van der Waals surface area contributed by atoms with E-state index < -0.39 is 18.2 Å². The molecule has 0 saturated carbocycles. The summed E-state index contributed by atoms with van der Waals surface area (Å²) in [4.78, 5) is 26.0. The van der Waals surface area contributed by atoms with Crippen LogP contribution in [0, 0.1) is 0 Å². The second kappa shape index (κ2) is 45.6. The molecule has 58 heavy (non-hydrogen) atoms. The number of hydrogen-bond acceptors (Lipinski definition) is 5. The van der Waals surface area contributed by atoms with Crippen molar-refractivity contribution in [2.24, 2.45) is 0 Å². The van der Waals surface area contributed by atoms with E-state index in [2.05, 4.69) is 56.5 Å². The van der Waals surface area contributed by atoms with Gasteiger partial charge in [0.15, 0.2) is 0 Å². The summed E-state index contributed by atoms with van der Waals surface area (Å²) < 4.78 is 5.88. The average molecular weight is 812 g/mol. The van der Waals surface area contributed by atoms with Crippen molar-refractivity contribution in [3.63, 3.8) is 0 Å². The number of amides is 1. The fourth-order valence-corrected chi connectivity index (χ4v) is 7.20. The molecule has 0 aliphatic heterocycles. The standard InChI is InChI=1S/C52H93NO5/c1-4-7-10-13-16-19-22-24-25-26-28-29-32-35-38-41-44-50(55)49(47-54)53-51(56)46-48(43-40-37-34-31-21-18-15-12-9-6-3)58-52(57)45-42-39-36-33-30-27-23-20-17-14-11-8-5-2/h8,11,14,17-18,20-21,23,27,30,48-50,54-55H,4-7,9-10,12-13,15-16,19,22,24-26,28-29,31-47H2,1-3H3,(H,53,56)/b11-8+,17-14+,21-18-,23-20-,30-27-. The summed E-state index contributed by atoms with van der Waals surface area (Å²) in [6.07, 6.45) is 55.7. The Morgan fingerprint density at radius 3 is 1.50 bits per heavy atom. The van der Waals surface area contributed by atoms with E-state index in [1.807, 2.05) is 30.4 Å². The van der Waals surface area contributed by atoms with Crippen LogP contribution < -0.4 is 5.32 Å². The van der Waals surface area contributed by atoms with Crippen molar-refractivity contribution in [3.8, 4) is 0 Å². The summed E-state index contributed by atoms with van der Waals surface area (Å²) in [5, 5.41) is 23.7. The van der Waals surface area contributed by atoms with Gasteiger partial charge in [0.2, 0.25) is 5.91 Å². The first-order chi connectivity index (χ1) is 28.5. The van der Waals surface area contributed by atoms with Crippen molar-refractivity contribution in [1.29, 1.82) is 0 Å². The highest BCUT2D eigenvalue weighted by atomic mass is 16.5. The van der Waals surface area contributed by atoms with Crippen molar-refractivity contribution in [2.75, 3.05) is 6.61 Å². The minimum Gasteiger partial charge on any atom is -0.462 e. The summed E-state index contributed by atoms with van der Waals surface area (Å²) in [6, 6.07) is -0.715. The number of nitrogens with one attached hydrogen (secondary N) is 1. The topological polar surface area (TPSA) is 95.9 Å². The molecule has 0 aliphatic carbocycles. The zero-order valence-corrected chi connectivity index (χ0v) is 38.2. The van der Waals surface area contributed by atoms with Crippen molar-refractivity contribution in [1.82, 2.24) is 5.32 Å². The van der Waals surface area contributed by atoms with Crippen LogP contribution in [0.2, 0.25) is 0 Å². The van der Waals surface area contributed by atoms with Gasteiger partial charge in [-0.05, 0) is 70.6 Å². The van der Waals surface area contributed by atoms with E-state index >= 15 is 0 Å². The van der Waals surface area contributed by atoms with Crippen LogP contribution in [-0.2, 0) is 14.3 Å². The molecule has 0 radical (unpaired) electrons. The van der Waals surface area contributed by atoms with E-state index in [1.54, 1.807) is 0 Å². The van der Waals surface area contributed by atoms with E-state index in [9.17, 15) is 19.8 Å². The molecule has 3 N–H and O–H groups in total. The van der Waals surface area contributed by atoms with E-state index in [0.29, 0.717) is 19.3 Å². The molecule has 0 rings (SSSR count). The molecular weight excluding hydrogens is 719 g/mol. The second-order valence-corrected chi connectivity index (χ2v) is 16.6. The normalized spacial score (nSPS) is 13.8. The highest BCUT2D eigenvalue weighted by molar-refractivity contribution is 5.77. The SMILES string of the molecule is CC/C=C/C=C/C=C\C=C/CCCCCC(=O)OC(CCCCC/C=C\CCCCC)CC(=O)NC(CO)C(O)CCCCCCCCCCCCCCCCCC. The third kappa shape index (κ3) is 40.3. The lowest BCUT2D eigenvalue weighted by atomic mass is 10.0. The van der Waals surface area contributed by atoms with E-state index in [0.717, 1.165) is 83.5 Å². The van der Waals surface area contributed by atoms with Gasteiger partial charge in [0.1, 0.15) is 6.10 Å². The van der Waals surface area contributed by atoms with Gasteiger partial charge in [-0.3, -0.25) is 9.59 Å². The Hall–Kier alpha value is -2.44. The summed E-state index contributed by atoms with van der Waals surface area (Å²) in [6.45, 7) is 6.30. The number of aliphatic hydroxyl groups is 2. The molecule has 3 atom stereocenters. The first-order valence-electron chi connectivity index (χ1n) is 24.6. The van der Waals surface area contributed by atoms with Gasteiger partial charge in [0.25, 0.3) is 0 Å². The highest BCUT2D eigenvalue weighted by Gasteiger charge is 2.24. The summed E-state index contributed by atoms with van der Waals surface area (Å²) in [5.41, 5.74) is 0. The first kappa shape index (κ1) is 55.6. The van der Waals surface area contributed by atoms with E-state index in [4.69, 9.17) is 4.74 Å². The maximum Gasteiger partial charge on any atom is 0.306 e. The number of rotatable bonds is 43. The highest BCUT2D eigenvalue weighted by Crippen LogP contribution is 2.17. The largest absolute Gasteiger partial charge is 0.462 e. The maximum absolute atomic E-state index is 13.1. The zero-order valence-electron chi connectivity index (χ0n) is 38.2. The van der Waals surface area contributed by atoms with E-state index in [-0.39, 0.29) is 24.9 Å². The Morgan fingerprint density at radius 1 is 0.517 bits per heavy atom. The van der Waals surface area contributed by atoms with Gasteiger partial charge in [-0.1, -0.05) is 210 Å². The van der Waals surface area contributed by atoms with Gasteiger partial charge in [-0.2, -0.15) is 0 Å². The number of carbonyl (C=O) groups is 2. The third-order valence-electron chi connectivity index (χ3n) is 10.9. The molecular formula is C52H93NO5. The Balaban J connectivity index is 4.55. The van der Waals surface area contributed by atoms with Gasteiger partial charge >= 0.3 is 5.97 Å². The average Bonchev–Trinajstić information content (AvgIpc) is 3.22. The Morgan fingerprint density at radius 2 is 0.948 bits per heavy atom. The van der Waals surface area contributed by atoms with Gasteiger partial charge in [0, 0.05) is 6.42 Å². The number of ether oxygens (including phenoxy) is 1. The Labute approximate surface area is 358 Å². The van der Waals surface area contributed by atoms with Crippen LogP contribution in [0.5, 0.6) is 0 Å². The van der Waals surface area contributed by atoms with Gasteiger partial charge in [-0.25, -0.2) is 0 Å². The van der Waals surface area contributed by atoms with Crippen LogP contribution >= 0.6 is 0 Å². The number of unbranched alkanes of at least 4 members (excludes halogenated alkanes) is 24. The van der Waals surface area contributed by atoms with Gasteiger partial charge in [0.05, 0.1) is 25.2 Å². The van der Waals surface area contributed by atoms with Crippen LogP contribution in [0.15, 0.2) is 60.8 Å². The number of allylic oxidation sites excluding steroid dienone is 10. The smallest absolute Gasteiger partial charge is 0.306 e. The molecule has 6 heteroatoms. The lowest BCUT2D eigenvalue weighted by Crippen LogP contribution is -2.46. The molecule has 3 unspecified atom stereocenters. The predicted octanol–water partition coefficient (Wildman–Crippen LogP) is 14.5. The van der Waals surface area contributed by atoms with Crippen molar-refractivity contribution >= 4 is 11.9 Å². The van der Waals surface area contributed by atoms with Crippen LogP contribution in [0.1, 0.15) is 233 Å². The summed E-state index contributed by atoms with van der Waals surface area (Å²) in [7, 11) is 0. The molecule has 0 saturated heterocycles. The first-order valence-corrected chi connectivity index (χ1v) is 24.6. The zero-order chi connectivity index (χ0) is 42.4. The van der Waals surface area contributed by atoms with Gasteiger partial charge < -0.3 is 20.3 Å². The number of esters is 1. The molecule has 1 amide bonds. The van der Waals surface area contributed by atoms with Crippen LogP contribution in [0.25, 0.3) is 0 Å². The predicted molar refractivity (Wildman–Crippen MR) is 250 cm³/mol. The molecule has 0 heterocycles. The molecule has 336 valence electrons. The molecule has 0 bridgehead atoms. The minimum absolute atomic E-state index is 0.0493. The van der Waals surface area contributed by atoms with Crippen molar-refractivity contribution in [3.05, 3.63) is 60.8 Å². The molecule has 0 aromatic heterocycles. The maximum atomic E-state index is 13.1. The minimum atomic E-state index is -0.799. The molecule has 0 fully saturated rings. The Kier molecular flexibility index (Phi) is 43.7. The fourth-order valence-electron chi connectivity index (χ4n) is 7.20. The van der Waals surface area contributed by atoms with Crippen molar-refractivity contribution in [2.45, 2.75) is 251 Å². The molecule has 0 aliphatic rings. The third-order valence-corrected chi connectivity index (χ3v) is 10.9. The summed E-state index contributed by atoms with van der Waals surface area (Å²) >= 11 is 0. The van der Waals surface area contributed by atoms with Crippen molar-refractivity contribution < 1.29 is 24.5 Å². The summed E-state index contributed by atoms with van der Waals surface area (Å²) in [5.74, 6) is -0.538. The van der Waals surface area contributed by atoms with Gasteiger partial charge in [-0.15, -0.1) is 0 Å². The Bertz CT molecular complexity index is 1050. The molecule has 0 spiro atoms. The lowest BCUT2D eigenvalue weighted by Gasteiger charge is -2.24. The number of aliphatic hydroxyl groups excluding tert-OH is 2. The number of hydrogen-bond donors (Lipinski definition) is 3. The fraction of sp³-hybridized carbons (Fsp3) is 0.769. The lowest BCUT2D eigenvalue weighted by molar-refractivity contribution is -0.151. The molecule has 0 aromatic rings. The monoisotopic (exact) mass is 812 g/mol. The second-order valence-electron chi connectivity index (χ2n) is 16.6. The van der Waals surface area contributed by atoms with Crippen LogP contribution in [-0.4, -0.2) is 46.9 Å². The molecule has 0 aromatic carbocycles. The van der Waals surface area contributed by atoms with Crippen LogP contribution in [0.4, 0.5) is 0 Å².